The normalized spacial score (nSPS) is 28.3. The van der Waals surface area contributed by atoms with Crippen LogP contribution in [-0.2, 0) is 0 Å². The smallest absolute Gasteiger partial charge is 0.401 e. The van der Waals surface area contributed by atoms with Crippen molar-refractivity contribution in [2.45, 2.75) is 19.5 Å². The predicted molar refractivity (Wildman–Crippen MR) is 45.5 cm³/mol. The maximum absolute atomic E-state index is 12.0. The number of rotatable bonds is 1. The molecule has 0 aromatic heterocycles. The lowest BCUT2D eigenvalue weighted by molar-refractivity contribution is -0.147. The molecular weight excluding hydrogens is 197 g/mol. The van der Waals surface area contributed by atoms with Gasteiger partial charge in [0, 0.05) is 25.4 Å². The Balaban J connectivity index is 2.47. The minimum Gasteiger partial charge on any atom is -0.411 e. The van der Waals surface area contributed by atoms with E-state index in [0.717, 1.165) is 0 Å². The predicted octanol–water partition coefficient (Wildman–Crippen LogP) is 1.72. The molecule has 1 heterocycles. The Morgan fingerprint density at radius 1 is 1.57 bits per heavy atom. The highest BCUT2D eigenvalue weighted by Gasteiger charge is 2.33. The van der Waals surface area contributed by atoms with Crippen molar-refractivity contribution in [3.05, 3.63) is 0 Å². The first-order valence-electron chi connectivity index (χ1n) is 4.42. The summed E-state index contributed by atoms with van der Waals surface area (Å²) in [4.78, 5) is 1.33. The van der Waals surface area contributed by atoms with E-state index in [-0.39, 0.29) is 5.92 Å². The number of hydrogen-bond acceptors (Lipinski definition) is 3. The molecule has 3 nitrogen and oxygen atoms in total. The van der Waals surface area contributed by atoms with E-state index in [1.54, 1.807) is 6.92 Å². The first-order chi connectivity index (χ1) is 6.42. The largest absolute Gasteiger partial charge is 0.411 e. The van der Waals surface area contributed by atoms with E-state index in [1.165, 1.54) is 4.90 Å². The molecule has 82 valence electrons. The van der Waals surface area contributed by atoms with Gasteiger partial charge in [0.2, 0.25) is 0 Å². The third kappa shape index (κ3) is 3.17. The summed E-state index contributed by atoms with van der Waals surface area (Å²) in [5.74, 6) is -0.101. The van der Waals surface area contributed by atoms with Gasteiger partial charge in [-0.25, -0.2) is 0 Å². The molecule has 0 saturated carbocycles. The van der Waals surface area contributed by atoms with Crippen molar-refractivity contribution in [1.82, 2.24) is 4.90 Å². The van der Waals surface area contributed by atoms with E-state index in [4.69, 9.17) is 5.21 Å². The zero-order chi connectivity index (χ0) is 10.8. The van der Waals surface area contributed by atoms with Gasteiger partial charge in [0.25, 0.3) is 0 Å². The SMILES string of the molecule is CC1CN(CC(F)(F)F)CCC1=NO. The minimum absolute atomic E-state index is 0.101. The molecule has 0 aromatic carbocycles. The van der Waals surface area contributed by atoms with Gasteiger partial charge in [-0.1, -0.05) is 12.1 Å². The van der Waals surface area contributed by atoms with Crippen LogP contribution in [-0.4, -0.2) is 41.6 Å². The summed E-state index contributed by atoms with van der Waals surface area (Å²) in [5, 5.41) is 11.6. The molecule has 1 rings (SSSR count). The van der Waals surface area contributed by atoms with Crippen LogP contribution in [0.25, 0.3) is 0 Å². The van der Waals surface area contributed by atoms with Crippen LogP contribution >= 0.6 is 0 Å². The number of piperidine rings is 1. The molecule has 1 saturated heterocycles. The van der Waals surface area contributed by atoms with Gasteiger partial charge in [0.15, 0.2) is 0 Å². The number of alkyl halides is 3. The summed E-state index contributed by atoms with van der Waals surface area (Å²) in [6.07, 6.45) is -3.73. The zero-order valence-corrected chi connectivity index (χ0v) is 7.88. The summed E-state index contributed by atoms with van der Waals surface area (Å²) in [6.45, 7) is 1.50. The van der Waals surface area contributed by atoms with E-state index in [9.17, 15) is 13.2 Å². The maximum Gasteiger partial charge on any atom is 0.401 e. The fourth-order valence-corrected chi connectivity index (χ4v) is 1.65. The summed E-state index contributed by atoms with van der Waals surface area (Å²) < 4.78 is 36.1. The summed E-state index contributed by atoms with van der Waals surface area (Å²) in [5.41, 5.74) is 0.587. The van der Waals surface area contributed by atoms with Crippen LogP contribution in [0.15, 0.2) is 5.16 Å². The molecule has 0 aromatic rings. The average molecular weight is 210 g/mol. The molecule has 1 aliphatic rings. The highest BCUT2D eigenvalue weighted by Crippen LogP contribution is 2.20. The van der Waals surface area contributed by atoms with Crippen molar-refractivity contribution >= 4 is 5.71 Å². The molecule has 1 aliphatic heterocycles. The van der Waals surface area contributed by atoms with Crippen molar-refractivity contribution < 1.29 is 18.4 Å². The minimum atomic E-state index is -4.15. The summed E-state index contributed by atoms with van der Waals surface area (Å²) >= 11 is 0. The Morgan fingerprint density at radius 2 is 2.21 bits per heavy atom. The lowest BCUT2D eigenvalue weighted by Gasteiger charge is -2.31. The monoisotopic (exact) mass is 210 g/mol. The molecular formula is C8H13F3N2O. The second-order valence-electron chi connectivity index (χ2n) is 3.59. The second kappa shape index (κ2) is 4.16. The Labute approximate surface area is 80.2 Å². The van der Waals surface area contributed by atoms with Crippen LogP contribution in [0.3, 0.4) is 0 Å². The quantitative estimate of drug-likeness (QED) is 0.528. The van der Waals surface area contributed by atoms with Crippen molar-refractivity contribution in [3.63, 3.8) is 0 Å². The summed E-state index contributed by atoms with van der Waals surface area (Å²) in [6, 6.07) is 0. The van der Waals surface area contributed by atoms with E-state index < -0.39 is 12.7 Å². The number of hydrogen-bond donors (Lipinski definition) is 1. The van der Waals surface area contributed by atoms with E-state index in [1.807, 2.05) is 0 Å². The molecule has 1 N–H and O–H groups in total. The summed E-state index contributed by atoms with van der Waals surface area (Å²) in [7, 11) is 0. The van der Waals surface area contributed by atoms with Crippen molar-refractivity contribution in [2.75, 3.05) is 19.6 Å². The molecule has 1 unspecified atom stereocenters. The van der Waals surface area contributed by atoms with Crippen molar-refractivity contribution in [1.29, 1.82) is 0 Å². The van der Waals surface area contributed by atoms with Crippen LogP contribution in [0.5, 0.6) is 0 Å². The van der Waals surface area contributed by atoms with Crippen LogP contribution in [0, 0.1) is 5.92 Å². The van der Waals surface area contributed by atoms with Crippen LogP contribution < -0.4 is 0 Å². The number of likely N-dealkylation sites (tertiary alicyclic amines) is 1. The molecule has 6 heteroatoms. The Hall–Kier alpha value is -0.780. The molecule has 0 spiro atoms. The second-order valence-corrected chi connectivity index (χ2v) is 3.59. The topological polar surface area (TPSA) is 35.8 Å². The van der Waals surface area contributed by atoms with E-state index in [2.05, 4.69) is 5.16 Å². The van der Waals surface area contributed by atoms with Gasteiger partial charge in [-0.3, -0.25) is 4.90 Å². The van der Waals surface area contributed by atoms with Crippen LogP contribution in [0.4, 0.5) is 13.2 Å². The molecule has 1 fully saturated rings. The lowest BCUT2D eigenvalue weighted by atomic mass is 9.98. The molecule has 0 aliphatic carbocycles. The molecule has 0 bridgehead atoms. The molecule has 0 amide bonds. The van der Waals surface area contributed by atoms with E-state index in [0.29, 0.717) is 25.2 Å². The lowest BCUT2D eigenvalue weighted by Crippen LogP contribution is -2.44. The van der Waals surface area contributed by atoms with E-state index >= 15 is 0 Å². The van der Waals surface area contributed by atoms with Crippen molar-refractivity contribution in [3.8, 4) is 0 Å². The third-order valence-electron chi connectivity index (χ3n) is 2.32. The first kappa shape index (κ1) is 11.3. The number of oxime groups is 1. The molecule has 0 radical (unpaired) electrons. The van der Waals surface area contributed by atoms with Crippen molar-refractivity contribution in [2.24, 2.45) is 11.1 Å². The van der Waals surface area contributed by atoms with Gasteiger partial charge < -0.3 is 5.21 Å². The first-order valence-corrected chi connectivity index (χ1v) is 4.42. The molecule has 1 atom stereocenters. The van der Waals surface area contributed by atoms with Crippen LogP contribution in [0.2, 0.25) is 0 Å². The Bertz CT molecular complexity index is 227. The highest BCUT2D eigenvalue weighted by molar-refractivity contribution is 5.86. The third-order valence-corrected chi connectivity index (χ3v) is 2.32. The standard InChI is InChI=1S/C8H13F3N2O/c1-6-4-13(5-8(9,10)11)3-2-7(6)12-14/h6,14H,2-5H2,1H3. The van der Waals surface area contributed by atoms with Gasteiger partial charge in [-0.15, -0.1) is 0 Å². The Kier molecular flexibility index (Phi) is 3.36. The number of halogens is 3. The highest BCUT2D eigenvalue weighted by atomic mass is 19.4. The van der Waals surface area contributed by atoms with Gasteiger partial charge in [0.1, 0.15) is 0 Å². The van der Waals surface area contributed by atoms with Crippen LogP contribution in [0.1, 0.15) is 13.3 Å². The fourth-order valence-electron chi connectivity index (χ4n) is 1.65. The van der Waals surface area contributed by atoms with Gasteiger partial charge in [0.05, 0.1) is 12.3 Å². The number of nitrogens with zero attached hydrogens (tertiary/aromatic N) is 2. The maximum atomic E-state index is 12.0. The van der Waals surface area contributed by atoms with Gasteiger partial charge in [-0.2, -0.15) is 13.2 Å². The Morgan fingerprint density at radius 3 is 2.64 bits per heavy atom. The van der Waals surface area contributed by atoms with Gasteiger partial charge in [-0.05, 0) is 0 Å². The van der Waals surface area contributed by atoms with Gasteiger partial charge >= 0.3 is 6.18 Å². The zero-order valence-electron chi connectivity index (χ0n) is 7.88. The fraction of sp³-hybridized carbons (Fsp3) is 0.875. The average Bonchev–Trinajstić information content (AvgIpc) is 2.01. The molecule has 14 heavy (non-hydrogen) atoms.